The van der Waals surface area contributed by atoms with E-state index in [1.807, 2.05) is 54.6 Å². The van der Waals surface area contributed by atoms with Crippen LogP contribution in [0.15, 0.2) is 54.6 Å². The van der Waals surface area contributed by atoms with E-state index in [0.717, 1.165) is 11.1 Å². The van der Waals surface area contributed by atoms with Gasteiger partial charge in [-0.05, 0) is 36.1 Å². The monoisotopic (exact) mass is 363 g/mol. The number of likely N-dealkylation sites (tertiary alicyclic amines) is 1. The molecule has 138 valence electrons. The molecule has 4 rings (SSSR count). The highest BCUT2D eigenvalue weighted by Gasteiger charge is 2.37. The van der Waals surface area contributed by atoms with Crippen molar-refractivity contribution in [1.29, 1.82) is 0 Å². The Hall–Kier alpha value is -3.15. The van der Waals surface area contributed by atoms with E-state index in [1.165, 1.54) is 4.90 Å². The molecule has 0 aliphatic carbocycles. The van der Waals surface area contributed by atoms with Crippen LogP contribution in [0.1, 0.15) is 23.2 Å². The maximum atomic E-state index is 12.8. The topological polar surface area (TPSA) is 69.7 Å². The summed E-state index contributed by atoms with van der Waals surface area (Å²) < 4.78 is 0. The third-order valence-electron chi connectivity index (χ3n) is 5.23. The molecule has 2 aliphatic rings. The van der Waals surface area contributed by atoms with Crippen LogP contribution in [-0.4, -0.2) is 53.3 Å². The summed E-state index contributed by atoms with van der Waals surface area (Å²) in [4.78, 5) is 39.5. The highest BCUT2D eigenvalue weighted by Crippen LogP contribution is 2.23. The fourth-order valence-electron chi connectivity index (χ4n) is 3.75. The Kier molecular flexibility index (Phi) is 4.62. The van der Waals surface area contributed by atoms with Gasteiger partial charge in [0.25, 0.3) is 5.91 Å². The van der Waals surface area contributed by atoms with Crippen LogP contribution in [0.3, 0.4) is 0 Å². The third kappa shape index (κ3) is 3.43. The number of hydrogen-bond acceptors (Lipinski definition) is 3. The van der Waals surface area contributed by atoms with Crippen LogP contribution >= 0.6 is 0 Å². The van der Waals surface area contributed by atoms with Gasteiger partial charge in [0.15, 0.2) is 0 Å². The van der Waals surface area contributed by atoms with Gasteiger partial charge in [-0.25, -0.2) is 4.79 Å². The number of piperidine rings is 1. The highest BCUT2D eigenvalue weighted by molar-refractivity contribution is 6.02. The molecule has 2 aromatic carbocycles. The Morgan fingerprint density at radius 1 is 0.889 bits per heavy atom. The van der Waals surface area contributed by atoms with Crippen LogP contribution in [0.25, 0.3) is 11.1 Å². The van der Waals surface area contributed by atoms with Gasteiger partial charge in [0.2, 0.25) is 5.91 Å². The second-order valence-electron chi connectivity index (χ2n) is 6.89. The van der Waals surface area contributed by atoms with E-state index in [2.05, 4.69) is 5.32 Å². The molecule has 0 radical (unpaired) electrons. The fourth-order valence-corrected chi connectivity index (χ4v) is 3.75. The zero-order valence-electron chi connectivity index (χ0n) is 14.9. The predicted octanol–water partition coefficient (Wildman–Crippen LogP) is 2.51. The Labute approximate surface area is 157 Å². The van der Waals surface area contributed by atoms with Crippen molar-refractivity contribution in [2.45, 2.75) is 18.9 Å². The van der Waals surface area contributed by atoms with E-state index in [4.69, 9.17) is 0 Å². The van der Waals surface area contributed by atoms with Crippen molar-refractivity contribution in [3.05, 3.63) is 60.2 Å². The normalized spacial score (nSPS) is 17.9. The molecule has 2 heterocycles. The van der Waals surface area contributed by atoms with Gasteiger partial charge in [-0.2, -0.15) is 0 Å². The lowest BCUT2D eigenvalue weighted by Crippen LogP contribution is -2.49. The summed E-state index contributed by atoms with van der Waals surface area (Å²) in [7, 11) is 0. The molecule has 2 aliphatic heterocycles. The van der Waals surface area contributed by atoms with Crippen molar-refractivity contribution in [1.82, 2.24) is 15.1 Å². The Morgan fingerprint density at radius 3 is 2.11 bits per heavy atom. The maximum Gasteiger partial charge on any atom is 0.324 e. The first-order chi connectivity index (χ1) is 13.1. The average Bonchev–Trinajstić information content (AvgIpc) is 3.06. The number of amides is 4. The van der Waals surface area contributed by atoms with Gasteiger partial charge in [0, 0.05) is 24.7 Å². The van der Waals surface area contributed by atoms with Gasteiger partial charge < -0.3 is 10.2 Å². The van der Waals surface area contributed by atoms with Crippen molar-refractivity contribution in [2.75, 3.05) is 19.6 Å². The zero-order valence-corrected chi connectivity index (χ0v) is 14.9. The third-order valence-corrected chi connectivity index (χ3v) is 5.23. The van der Waals surface area contributed by atoms with E-state index < -0.39 is 0 Å². The van der Waals surface area contributed by atoms with Crippen molar-refractivity contribution < 1.29 is 14.4 Å². The number of benzene rings is 2. The van der Waals surface area contributed by atoms with Crippen LogP contribution in [0.2, 0.25) is 0 Å². The van der Waals surface area contributed by atoms with Gasteiger partial charge in [-0.15, -0.1) is 0 Å². The molecule has 27 heavy (non-hydrogen) atoms. The molecule has 0 unspecified atom stereocenters. The number of nitrogens with one attached hydrogen (secondary N) is 1. The van der Waals surface area contributed by atoms with E-state index in [-0.39, 0.29) is 30.4 Å². The van der Waals surface area contributed by atoms with Gasteiger partial charge in [-0.3, -0.25) is 14.5 Å². The molecular formula is C21H21N3O3. The summed E-state index contributed by atoms with van der Waals surface area (Å²) in [6.45, 7) is 1.16. The molecule has 6 heteroatoms. The minimum absolute atomic E-state index is 0.00902. The molecule has 0 atom stereocenters. The van der Waals surface area contributed by atoms with Crippen LogP contribution in [0.5, 0.6) is 0 Å². The summed E-state index contributed by atoms with van der Waals surface area (Å²) in [6.07, 6.45) is 1.24. The number of carbonyl (C=O) groups excluding carboxylic acids is 3. The summed E-state index contributed by atoms with van der Waals surface area (Å²) >= 11 is 0. The molecule has 2 saturated heterocycles. The lowest BCUT2D eigenvalue weighted by molar-refractivity contribution is -0.127. The van der Waals surface area contributed by atoms with Gasteiger partial charge in [0.1, 0.15) is 0 Å². The summed E-state index contributed by atoms with van der Waals surface area (Å²) in [5.74, 6) is -0.188. The summed E-state index contributed by atoms with van der Waals surface area (Å²) in [6, 6.07) is 17.2. The number of nitrogens with zero attached hydrogens (tertiary/aromatic N) is 2. The molecule has 2 aromatic rings. The smallest absolute Gasteiger partial charge is 0.324 e. The molecule has 0 spiro atoms. The number of imide groups is 1. The largest absolute Gasteiger partial charge is 0.338 e. The first-order valence-corrected chi connectivity index (χ1v) is 9.18. The lowest BCUT2D eigenvalue weighted by atomic mass is 10.0. The summed E-state index contributed by atoms with van der Waals surface area (Å²) in [5.41, 5.74) is 2.85. The van der Waals surface area contributed by atoms with E-state index >= 15 is 0 Å². The maximum absolute atomic E-state index is 12.8. The second-order valence-corrected chi connectivity index (χ2v) is 6.89. The molecule has 2 fully saturated rings. The van der Waals surface area contributed by atoms with Crippen molar-refractivity contribution >= 4 is 17.8 Å². The highest BCUT2D eigenvalue weighted by atomic mass is 16.2. The van der Waals surface area contributed by atoms with Gasteiger partial charge in [0.05, 0.1) is 6.54 Å². The van der Waals surface area contributed by atoms with Gasteiger partial charge >= 0.3 is 6.03 Å². The first kappa shape index (κ1) is 17.3. The van der Waals surface area contributed by atoms with Crippen molar-refractivity contribution in [2.24, 2.45) is 0 Å². The number of hydrogen-bond donors (Lipinski definition) is 1. The lowest BCUT2D eigenvalue weighted by Gasteiger charge is -2.35. The van der Waals surface area contributed by atoms with Crippen molar-refractivity contribution in [3.8, 4) is 11.1 Å². The fraction of sp³-hybridized carbons (Fsp3) is 0.286. The minimum atomic E-state index is -0.318. The minimum Gasteiger partial charge on any atom is -0.338 e. The predicted molar refractivity (Wildman–Crippen MR) is 101 cm³/mol. The Bertz CT molecular complexity index is 840. The first-order valence-electron chi connectivity index (χ1n) is 9.18. The quantitative estimate of drug-likeness (QED) is 0.852. The number of carbonyl (C=O) groups is 3. The van der Waals surface area contributed by atoms with E-state index in [1.54, 1.807) is 4.90 Å². The van der Waals surface area contributed by atoms with Gasteiger partial charge in [-0.1, -0.05) is 42.5 Å². The SMILES string of the molecule is O=C(c1ccc(-c2ccccc2)cc1)N1CCC(N2C(=O)CNC2=O)CC1. The Morgan fingerprint density at radius 2 is 1.52 bits per heavy atom. The number of rotatable bonds is 3. The average molecular weight is 363 g/mol. The standard InChI is InChI=1S/C21H21N3O3/c25-19-14-22-21(27)24(19)18-10-12-23(13-11-18)20(26)17-8-6-16(7-9-17)15-4-2-1-3-5-15/h1-9,18H,10-14H2,(H,22,27). The molecule has 0 bridgehead atoms. The van der Waals surface area contributed by atoms with Crippen LogP contribution < -0.4 is 5.32 Å². The second kappa shape index (κ2) is 7.23. The van der Waals surface area contributed by atoms with Crippen LogP contribution in [0.4, 0.5) is 4.79 Å². The zero-order chi connectivity index (χ0) is 18.8. The molecule has 6 nitrogen and oxygen atoms in total. The summed E-state index contributed by atoms with van der Waals surface area (Å²) in [5, 5.41) is 2.55. The molecule has 1 N–H and O–H groups in total. The number of urea groups is 1. The molecule has 4 amide bonds. The Balaban J connectivity index is 1.39. The van der Waals surface area contributed by atoms with Crippen LogP contribution in [0, 0.1) is 0 Å². The molecule has 0 saturated carbocycles. The van der Waals surface area contributed by atoms with Crippen LogP contribution in [-0.2, 0) is 4.79 Å². The molecule has 0 aromatic heterocycles. The van der Waals surface area contributed by atoms with E-state index in [0.29, 0.717) is 31.5 Å². The molecular weight excluding hydrogens is 342 g/mol. The van der Waals surface area contributed by atoms with Crippen molar-refractivity contribution in [3.63, 3.8) is 0 Å². The van der Waals surface area contributed by atoms with E-state index in [9.17, 15) is 14.4 Å².